The van der Waals surface area contributed by atoms with E-state index in [1.165, 1.54) is 19.3 Å². The van der Waals surface area contributed by atoms with Crippen LogP contribution in [0.1, 0.15) is 34.2 Å². The Balaban J connectivity index is 2.45. The largest absolute Gasteiger partial charge is 0.145 e. The Morgan fingerprint density at radius 2 is 1.83 bits per heavy atom. The molecule has 1 aromatic heterocycles. The van der Waals surface area contributed by atoms with Crippen LogP contribution in [0.2, 0.25) is 0 Å². The van der Waals surface area contributed by atoms with E-state index in [1.807, 2.05) is 11.3 Å². The molecule has 0 saturated heterocycles. The van der Waals surface area contributed by atoms with Crippen molar-refractivity contribution in [3.05, 3.63) is 20.9 Å². The van der Waals surface area contributed by atoms with E-state index in [9.17, 15) is 0 Å². The maximum Gasteiger partial charge on any atom is 0.00519 e. The van der Waals surface area contributed by atoms with Gasteiger partial charge in [0.1, 0.15) is 0 Å². The normalized spacial score (nSPS) is 22.4. The second-order valence-corrected chi connectivity index (χ2v) is 5.45. The zero-order chi connectivity index (χ0) is 8.72. The number of aryl methyl sites for hydroxylation is 2. The van der Waals surface area contributed by atoms with Gasteiger partial charge < -0.3 is 0 Å². The van der Waals surface area contributed by atoms with E-state index in [-0.39, 0.29) is 0 Å². The summed E-state index contributed by atoms with van der Waals surface area (Å²) in [7, 11) is 0. The summed E-state index contributed by atoms with van der Waals surface area (Å²) in [4.78, 5) is 3.13. The van der Waals surface area contributed by atoms with Gasteiger partial charge in [0, 0.05) is 9.75 Å². The van der Waals surface area contributed by atoms with Crippen LogP contribution in [-0.4, -0.2) is 0 Å². The summed E-state index contributed by atoms with van der Waals surface area (Å²) in [5, 5.41) is 0. The van der Waals surface area contributed by atoms with Crippen molar-refractivity contribution in [2.75, 3.05) is 0 Å². The Morgan fingerprint density at radius 3 is 2.58 bits per heavy atom. The van der Waals surface area contributed by atoms with Gasteiger partial charge in [0.25, 0.3) is 0 Å². The van der Waals surface area contributed by atoms with Crippen LogP contribution in [0.15, 0.2) is 0 Å². The van der Waals surface area contributed by atoms with Gasteiger partial charge in [0.2, 0.25) is 0 Å². The minimum atomic E-state index is 0.908. The van der Waals surface area contributed by atoms with E-state index >= 15 is 0 Å². The molecular weight excluding hydrogens is 164 g/mol. The van der Waals surface area contributed by atoms with Crippen LogP contribution in [0.4, 0.5) is 0 Å². The van der Waals surface area contributed by atoms with E-state index in [1.54, 1.807) is 20.9 Å². The second kappa shape index (κ2) is 2.88. The summed E-state index contributed by atoms with van der Waals surface area (Å²) in [6, 6.07) is 0. The van der Waals surface area contributed by atoms with Gasteiger partial charge in [0.05, 0.1) is 0 Å². The molecule has 1 atom stereocenters. The highest BCUT2D eigenvalue weighted by Crippen LogP contribution is 2.35. The van der Waals surface area contributed by atoms with Gasteiger partial charge in [-0.25, -0.2) is 0 Å². The lowest BCUT2D eigenvalue weighted by atomic mass is 9.85. The first-order valence-corrected chi connectivity index (χ1v) is 5.58. The van der Waals surface area contributed by atoms with Crippen molar-refractivity contribution in [1.82, 2.24) is 0 Å². The predicted molar refractivity (Wildman–Crippen MR) is 55.0 cm³/mol. The number of hydrogen-bond donors (Lipinski definition) is 0. The van der Waals surface area contributed by atoms with Crippen LogP contribution < -0.4 is 0 Å². The summed E-state index contributed by atoms with van der Waals surface area (Å²) < 4.78 is 0. The van der Waals surface area contributed by atoms with E-state index in [0.717, 1.165) is 5.92 Å². The number of hydrogen-bond acceptors (Lipinski definition) is 1. The Hall–Kier alpha value is -0.300. The van der Waals surface area contributed by atoms with Gasteiger partial charge in [-0.15, -0.1) is 11.3 Å². The lowest BCUT2D eigenvalue weighted by molar-refractivity contribution is 0.501. The summed E-state index contributed by atoms with van der Waals surface area (Å²) >= 11 is 1.99. The fraction of sp³-hybridized carbons (Fsp3) is 0.636. The Bertz CT molecular complexity index is 296. The van der Waals surface area contributed by atoms with Gasteiger partial charge in [0.15, 0.2) is 0 Å². The molecule has 0 radical (unpaired) electrons. The summed E-state index contributed by atoms with van der Waals surface area (Å²) in [6.45, 7) is 6.91. The molecule has 0 spiro atoms. The van der Waals surface area contributed by atoms with Gasteiger partial charge in [-0.2, -0.15) is 0 Å². The van der Waals surface area contributed by atoms with Crippen LogP contribution in [0.5, 0.6) is 0 Å². The lowest BCUT2D eigenvalue weighted by Gasteiger charge is -2.19. The fourth-order valence-electron chi connectivity index (χ4n) is 2.21. The first-order valence-electron chi connectivity index (χ1n) is 4.76. The van der Waals surface area contributed by atoms with E-state index < -0.39 is 0 Å². The summed E-state index contributed by atoms with van der Waals surface area (Å²) in [5.41, 5.74) is 3.35. The van der Waals surface area contributed by atoms with Crippen molar-refractivity contribution >= 4 is 11.3 Å². The SMILES string of the molecule is Cc1sc(C)c2c1CCC(C)C2. The minimum absolute atomic E-state index is 0.908. The third-order valence-electron chi connectivity index (χ3n) is 2.96. The molecule has 1 aliphatic rings. The molecule has 0 aliphatic heterocycles. The molecule has 1 unspecified atom stereocenters. The standard InChI is InChI=1S/C11H16S/c1-7-4-5-10-8(2)12-9(3)11(10)6-7/h7H,4-6H2,1-3H3. The van der Waals surface area contributed by atoms with Crippen molar-refractivity contribution < 1.29 is 0 Å². The molecule has 2 rings (SSSR count). The van der Waals surface area contributed by atoms with E-state index in [2.05, 4.69) is 20.8 Å². The smallest absolute Gasteiger partial charge is 0.00519 e. The molecule has 1 aliphatic carbocycles. The molecular formula is C11H16S. The number of thiophene rings is 1. The van der Waals surface area contributed by atoms with E-state index in [4.69, 9.17) is 0 Å². The molecule has 0 nitrogen and oxygen atoms in total. The van der Waals surface area contributed by atoms with Gasteiger partial charge >= 0.3 is 0 Å². The predicted octanol–water partition coefficient (Wildman–Crippen LogP) is 3.49. The molecule has 0 saturated carbocycles. The molecule has 0 fully saturated rings. The van der Waals surface area contributed by atoms with Gasteiger partial charge in [-0.3, -0.25) is 0 Å². The third-order valence-corrected chi connectivity index (χ3v) is 4.07. The van der Waals surface area contributed by atoms with Crippen molar-refractivity contribution in [3.63, 3.8) is 0 Å². The van der Waals surface area contributed by atoms with E-state index in [0.29, 0.717) is 0 Å². The highest BCUT2D eigenvalue weighted by Gasteiger charge is 2.20. The number of fused-ring (bicyclic) bond motifs is 1. The Labute approximate surface area is 78.6 Å². The zero-order valence-electron chi connectivity index (χ0n) is 8.11. The zero-order valence-corrected chi connectivity index (χ0v) is 8.92. The maximum atomic E-state index is 2.37. The monoisotopic (exact) mass is 180 g/mol. The Kier molecular flexibility index (Phi) is 1.99. The molecule has 1 aromatic rings. The van der Waals surface area contributed by atoms with Crippen molar-refractivity contribution in [3.8, 4) is 0 Å². The second-order valence-electron chi connectivity index (χ2n) is 4.02. The highest BCUT2D eigenvalue weighted by molar-refractivity contribution is 7.12. The van der Waals surface area contributed by atoms with Crippen LogP contribution in [0, 0.1) is 19.8 Å². The summed E-state index contributed by atoms with van der Waals surface area (Å²) in [6.07, 6.45) is 4.04. The molecule has 66 valence electrons. The topological polar surface area (TPSA) is 0 Å². The molecule has 1 heterocycles. The molecule has 0 N–H and O–H groups in total. The lowest BCUT2D eigenvalue weighted by Crippen LogP contribution is -2.10. The fourth-order valence-corrected chi connectivity index (χ4v) is 3.35. The first kappa shape index (κ1) is 8.31. The molecule has 0 bridgehead atoms. The molecule has 12 heavy (non-hydrogen) atoms. The average molecular weight is 180 g/mol. The highest BCUT2D eigenvalue weighted by atomic mass is 32.1. The maximum absolute atomic E-state index is 2.37. The summed E-state index contributed by atoms with van der Waals surface area (Å²) in [5.74, 6) is 0.908. The number of rotatable bonds is 0. The van der Waals surface area contributed by atoms with Crippen LogP contribution in [0.3, 0.4) is 0 Å². The van der Waals surface area contributed by atoms with Crippen molar-refractivity contribution in [2.24, 2.45) is 5.92 Å². The van der Waals surface area contributed by atoms with Crippen LogP contribution in [0.25, 0.3) is 0 Å². The average Bonchev–Trinajstić information content (AvgIpc) is 2.28. The van der Waals surface area contributed by atoms with Crippen molar-refractivity contribution in [1.29, 1.82) is 0 Å². The molecule has 1 heteroatoms. The van der Waals surface area contributed by atoms with Crippen LogP contribution in [-0.2, 0) is 12.8 Å². The van der Waals surface area contributed by atoms with Crippen LogP contribution >= 0.6 is 11.3 Å². The Morgan fingerprint density at radius 1 is 1.17 bits per heavy atom. The molecule has 0 aromatic carbocycles. The quantitative estimate of drug-likeness (QED) is 0.573. The van der Waals surface area contributed by atoms with Gasteiger partial charge in [-0.1, -0.05) is 6.92 Å². The van der Waals surface area contributed by atoms with Crippen molar-refractivity contribution in [2.45, 2.75) is 40.0 Å². The minimum Gasteiger partial charge on any atom is -0.145 e. The third kappa shape index (κ3) is 1.20. The molecule has 0 amide bonds. The first-order chi connectivity index (χ1) is 5.68. The van der Waals surface area contributed by atoms with Gasteiger partial charge in [-0.05, 0) is 50.2 Å².